The Kier molecular flexibility index (Phi) is 40.7. The predicted molar refractivity (Wildman–Crippen MR) is 238 cm³/mol. The molecule has 0 fully saturated rings. The minimum atomic E-state index is -4.39. The molecule has 0 rings (SSSR count). The zero-order valence-electron chi connectivity index (χ0n) is 35.8. The lowest BCUT2D eigenvalue weighted by atomic mass is 10.0. The highest BCUT2D eigenvalue weighted by molar-refractivity contribution is 7.47. The zero-order valence-corrected chi connectivity index (χ0v) is 36.7. The summed E-state index contributed by atoms with van der Waals surface area (Å²) in [6.07, 6.45) is 53.4. The number of hydrogen-bond donors (Lipinski definition) is 2. The molecule has 0 saturated carbocycles. The van der Waals surface area contributed by atoms with Gasteiger partial charge in [0, 0.05) is 19.4 Å². The summed E-state index contributed by atoms with van der Waals surface area (Å²) in [4.78, 5) is 34.9. The first-order chi connectivity index (χ1) is 27.8. The summed E-state index contributed by atoms with van der Waals surface area (Å²) >= 11 is 0. The number of unbranched alkanes of at least 4 members (excludes halogenated alkanes) is 16. The normalized spacial score (nSPS) is 14.1. The van der Waals surface area contributed by atoms with Crippen LogP contribution >= 0.6 is 7.82 Å². The van der Waals surface area contributed by atoms with Crippen molar-refractivity contribution in [1.82, 2.24) is 0 Å². The lowest BCUT2D eigenvalue weighted by molar-refractivity contribution is -0.161. The van der Waals surface area contributed by atoms with Gasteiger partial charge in [0.2, 0.25) is 0 Å². The molecule has 2 atom stereocenters. The molecule has 10 heteroatoms. The van der Waals surface area contributed by atoms with Gasteiger partial charge in [0.05, 0.1) is 13.2 Å². The minimum Gasteiger partial charge on any atom is -0.462 e. The lowest BCUT2D eigenvalue weighted by Crippen LogP contribution is -2.29. The molecule has 0 aromatic rings. The molecular weight excluding hydrogens is 737 g/mol. The van der Waals surface area contributed by atoms with E-state index in [-0.39, 0.29) is 32.6 Å². The molecule has 0 aromatic heterocycles. The van der Waals surface area contributed by atoms with Crippen molar-refractivity contribution in [2.45, 2.75) is 174 Å². The molecule has 0 bridgehead atoms. The Hall–Kier alpha value is -2.81. The number of nitrogens with two attached hydrogens (primary N) is 1. The van der Waals surface area contributed by atoms with E-state index < -0.39 is 32.5 Å². The molecule has 0 aliphatic carbocycles. The number of carbonyl (C=O) groups is 2. The molecule has 57 heavy (non-hydrogen) atoms. The standard InChI is InChI=1S/C47H80NO8P/c1-3-5-7-9-11-13-15-17-18-19-20-21-22-23-24-25-26-28-29-31-33-35-37-39-46(49)53-43-45(44-55-57(51,52)54-42-41-48)56-47(50)40-38-36-34-32-30-27-16-14-12-10-8-6-4-2/h5-8,10-14,16-18,27,30,45H,3-4,9,15,19-26,28-29,31-44,48H2,1-2H3,(H,51,52)/b7-5+,8-6+,12-10+,13-11+,16-14+,18-17+,30-27+. The molecule has 0 aromatic carbocycles. The number of carbonyl (C=O) groups excluding carboxylic acids is 2. The van der Waals surface area contributed by atoms with Crippen LogP contribution in [0.4, 0.5) is 0 Å². The van der Waals surface area contributed by atoms with E-state index in [2.05, 4.69) is 62.5 Å². The predicted octanol–water partition coefficient (Wildman–Crippen LogP) is 12.8. The van der Waals surface area contributed by atoms with Gasteiger partial charge in [0.1, 0.15) is 6.61 Å². The highest BCUT2D eigenvalue weighted by Crippen LogP contribution is 2.43. The highest BCUT2D eigenvalue weighted by Gasteiger charge is 2.26. The summed E-state index contributed by atoms with van der Waals surface area (Å²) in [5.41, 5.74) is 5.34. The number of hydrogen-bond acceptors (Lipinski definition) is 8. The van der Waals surface area contributed by atoms with Crippen LogP contribution in [0.3, 0.4) is 0 Å². The van der Waals surface area contributed by atoms with Crippen molar-refractivity contribution in [3.8, 4) is 0 Å². The molecular formula is C47H80NO8P. The monoisotopic (exact) mass is 818 g/mol. The summed E-state index contributed by atoms with van der Waals surface area (Å²) in [5, 5.41) is 0. The van der Waals surface area contributed by atoms with Gasteiger partial charge in [0.15, 0.2) is 6.10 Å². The second-order valence-corrected chi connectivity index (χ2v) is 15.7. The van der Waals surface area contributed by atoms with Crippen molar-refractivity contribution < 1.29 is 37.6 Å². The summed E-state index contributed by atoms with van der Waals surface area (Å²) in [6.45, 7) is 3.42. The van der Waals surface area contributed by atoms with Crippen LogP contribution < -0.4 is 5.73 Å². The second-order valence-electron chi connectivity index (χ2n) is 14.2. The van der Waals surface area contributed by atoms with Crippen molar-refractivity contribution in [2.24, 2.45) is 5.73 Å². The highest BCUT2D eigenvalue weighted by atomic mass is 31.2. The largest absolute Gasteiger partial charge is 0.472 e. The number of rotatable bonds is 40. The van der Waals surface area contributed by atoms with Gasteiger partial charge >= 0.3 is 19.8 Å². The van der Waals surface area contributed by atoms with Gasteiger partial charge in [-0.05, 0) is 64.2 Å². The fourth-order valence-electron chi connectivity index (χ4n) is 5.66. The van der Waals surface area contributed by atoms with Crippen molar-refractivity contribution in [3.05, 3.63) is 85.1 Å². The topological polar surface area (TPSA) is 134 Å². The van der Waals surface area contributed by atoms with E-state index in [1.54, 1.807) is 0 Å². The van der Waals surface area contributed by atoms with Gasteiger partial charge < -0.3 is 20.1 Å². The Morgan fingerprint density at radius 2 is 1.00 bits per heavy atom. The Morgan fingerprint density at radius 1 is 0.544 bits per heavy atom. The fourth-order valence-corrected chi connectivity index (χ4v) is 6.42. The third kappa shape index (κ3) is 42.6. The second kappa shape index (κ2) is 42.8. The quantitative estimate of drug-likeness (QED) is 0.0204. The summed E-state index contributed by atoms with van der Waals surface area (Å²) in [7, 11) is -4.39. The van der Waals surface area contributed by atoms with Gasteiger partial charge in [-0.25, -0.2) is 4.57 Å². The molecule has 0 amide bonds. The summed E-state index contributed by atoms with van der Waals surface area (Å²) in [5.74, 6) is -0.882. The van der Waals surface area contributed by atoms with Crippen molar-refractivity contribution in [1.29, 1.82) is 0 Å². The van der Waals surface area contributed by atoms with Crippen LogP contribution in [0.15, 0.2) is 85.1 Å². The molecule has 326 valence electrons. The van der Waals surface area contributed by atoms with E-state index in [1.807, 2.05) is 36.5 Å². The molecule has 0 saturated heterocycles. The molecule has 0 spiro atoms. The first-order valence-corrected chi connectivity index (χ1v) is 23.6. The minimum absolute atomic E-state index is 0.0424. The van der Waals surface area contributed by atoms with E-state index >= 15 is 0 Å². The maximum Gasteiger partial charge on any atom is 0.472 e. The number of allylic oxidation sites excluding steroid dienone is 14. The van der Waals surface area contributed by atoms with Gasteiger partial charge in [-0.2, -0.15) is 0 Å². The molecule has 0 aliphatic rings. The molecule has 0 aliphatic heterocycles. The molecule has 3 N–H and O–H groups in total. The van der Waals surface area contributed by atoms with Crippen LogP contribution in [0.25, 0.3) is 0 Å². The van der Waals surface area contributed by atoms with Crippen molar-refractivity contribution in [3.63, 3.8) is 0 Å². The lowest BCUT2D eigenvalue weighted by Gasteiger charge is -2.19. The van der Waals surface area contributed by atoms with E-state index in [0.717, 1.165) is 64.2 Å². The average molecular weight is 818 g/mol. The summed E-state index contributed by atoms with van der Waals surface area (Å²) < 4.78 is 32.7. The number of phosphoric acid groups is 1. The van der Waals surface area contributed by atoms with Crippen LogP contribution in [0.2, 0.25) is 0 Å². The van der Waals surface area contributed by atoms with Crippen molar-refractivity contribution >= 4 is 19.8 Å². The van der Waals surface area contributed by atoms with E-state index in [9.17, 15) is 19.0 Å². The third-order valence-corrected chi connectivity index (χ3v) is 9.86. The van der Waals surface area contributed by atoms with Crippen molar-refractivity contribution in [2.75, 3.05) is 26.4 Å². The first-order valence-electron chi connectivity index (χ1n) is 22.1. The zero-order chi connectivity index (χ0) is 41.8. The Morgan fingerprint density at radius 3 is 1.58 bits per heavy atom. The third-order valence-electron chi connectivity index (χ3n) is 8.87. The van der Waals surface area contributed by atoms with Crippen LogP contribution in [-0.2, 0) is 32.7 Å². The first kappa shape index (κ1) is 54.2. The van der Waals surface area contributed by atoms with Crippen LogP contribution in [0, 0.1) is 0 Å². The van der Waals surface area contributed by atoms with Gasteiger partial charge in [-0.15, -0.1) is 0 Å². The van der Waals surface area contributed by atoms with Crippen LogP contribution in [-0.4, -0.2) is 49.3 Å². The maximum absolute atomic E-state index is 12.5. The number of phosphoric ester groups is 1. The van der Waals surface area contributed by atoms with E-state index in [1.165, 1.54) is 70.6 Å². The maximum atomic E-state index is 12.5. The Balaban J connectivity index is 4.10. The van der Waals surface area contributed by atoms with Gasteiger partial charge in [-0.3, -0.25) is 18.6 Å². The molecule has 0 heterocycles. The van der Waals surface area contributed by atoms with E-state index in [0.29, 0.717) is 6.42 Å². The number of esters is 2. The van der Waals surface area contributed by atoms with Gasteiger partial charge in [-0.1, -0.05) is 176 Å². The van der Waals surface area contributed by atoms with Gasteiger partial charge in [0.25, 0.3) is 0 Å². The number of ether oxygens (including phenoxy) is 2. The SMILES string of the molecule is CC/C=C/C=C/C=C/C=C/CCCCCC(=O)OC(COC(=O)CCCCCCCCCCCCCCC/C=C/C/C=C/C/C=C/CC)COP(=O)(O)OCCN. The van der Waals surface area contributed by atoms with E-state index in [4.69, 9.17) is 24.3 Å². The fraction of sp³-hybridized carbons (Fsp3) is 0.660. The molecule has 0 radical (unpaired) electrons. The molecule has 2 unspecified atom stereocenters. The Bertz CT molecular complexity index is 1210. The summed E-state index contributed by atoms with van der Waals surface area (Å²) in [6, 6.07) is 0. The molecule has 9 nitrogen and oxygen atoms in total. The van der Waals surface area contributed by atoms with Crippen LogP contribution in [0.1, 0.15) is 168 Å². The smallest absolute Gasteiger partial charge is 0.462 e. The Labute approximate surface area is 347 Å². The van der Waals surface area contributed by atoms with Crippen LogP contribution in [0.5, 0.6) is 0 Å². The average Bonchev–Trinajstić information content (AvgIpc) is 3.20.